The summed E-state index contributed by atoms with van der Waals surface area (Å²) >= 11 is 0. The summed E-state index contributed by atoms with van der Waals surface area (Å²) in [5.74, 6) is 0. The van der Waals surface area contributed by atoms with E-state index < -0.39 is 0 Å². The Morgan fingerprint density at radius 1 is 1.04 bits per heavy atom. The first-order valence-corrected chi connectivity index (χ1v) is 7.88. The Morgan fingerprint density at radius 3 is 2.35 bits per heavy atom. The average molecular weight is 310 g/mol. The second-order valence-electron chi connectivity index (χ2n) is 7.12. The van der Waals surface area contributed by atoms with Crippen LogP contribution < -0.4 is 11.2 Å². The Labute approximate surface area is 138 Å². The zero-order chi connectivity index (χ0) is 16.8. The van der Waals surface area contributed by atoms with Crippen molar-refractivity contribution in [2.75, 3.05) is 5.73 Å². The van der Waals surface area contributed by atoms with Gasteiger partial charge in [0.1, 0.15) is 0 Å². The first kappa shape index (κ1) is 16.0. The van der Waals surface area contributed by atoms with E-state index >= 15 is 0 Å². The van der Waals surface area contributed by atoms with Gasteiger partial charge in [-0.05, 0) is 51.7 Å². The van der Waals surface area contributed by atoms with Crippen LogP contribution in [0.15, 0.2) is 36.5 Å². The summed E-state index contributed by atoms with van der Waals surface area (Å²) in [6, 6.07) is 10.1. The number of rotatable bonds is 2. The number of nitrogens with zero attached hydrogens (tertiary/aromatic N) is 1. The summed E-state index contributed by atoms with van der Waals surface area (Å²) in [6.45, 7) is 10.2. The summed E-state index contributed by atoms with van der Waals surface area (Å²) in [7, 11) is -0.366. The number of pyridine rings is 1. The van der Waals surface area contributed by atoms with Crippen molar-refractivity contribution in [3.05, 3.63) is 42.2 Å². The smallest absolute Gasteiger partial charge is 0.399 e. The van der Waals surface area contributed by atoms with E-state index in [2.05, 4.69) is 44.8 Å². The molecule has 0 unspecified atom stereocenters. The summed E-state index contributed by atoms with van der Waals surface area (Å²) in [5.41, 5.74) is 9.90. The molecule has 0 bridgehead atoms. The van der Waals surface area contributed by atoms with Crippen LogP contribution in [0.1, 0.15) is 33.4 Å². The second-order valence-corrected chi connectivity index (χ2v) is 7.12. The molecular weight excluding hydrogens is 287 g/mol. The Balaban J connectivity index is 1.97. The number of nitrogens with two attached hydrogens (primary N) is 1. The molecule has 0 amide bonds. The number of hydrogen-bond donors (Lipinski definition) is 1. The van der Waals surface area contributed by atoms with Gasteiger partial charge in [-0.15, -0.1) is 0 Å². The van der Waals surface area contributed by atoms with E-state index in [0.29, 0.717) is 5.69 Å². The van der Waals surface area contributed by atoms with Crippen LogP contribution in [0.3, 0.4) is 0 Å². The van der Waals surface area contributed by atoms with Crippen molar-refractivity contribution in [3.63, 3.8) is 0 Å². The molecule has 1 aromatic heterocycles. The Kier molecular flexibility index (Phi) is 3.73. The van der Waals surface area contributed by atoms with Crippen molar-refractivity contribution in [3.8, 4) is 11.1 Å². The molecule has 1 fully saturated rings. The molecule has 2 aromatic rings. The number of aryl methyl sites for hydroxylation is 1. The van der Waals surface area contributed by atoms with Crippen LogP contribution in [0.4, 0.5) is 5.69 Å². The minimum absolute atomic E-state index is 0.345. The monoisotopic (exact) mass is 310 g/mol. The molecule has 0 radical (unpaired) electrons. The van der Waals surface area contributed by atoms with Crippen LogP contribution in [0.2, 0.25) is 0 Å². The summed E-state index contributed by atoms with van der Waals surface area (Å²) < 4.78 is 12.3. The molecule has 5 heteroatoms. The van der Waals surface area contributed by atoms with E-state index in [4.69, 9.17) is 15.0 Å². The molecule has 0 saturated carbocycles. The number of benzene rings is 1. The van der Waals surface area contributed by atoms with E-state index in [1.165, 1.54) is 0 Å². The largest absolute Gasteiger partial charge is 0.494 e. The minimum Gasteiger partial charge on any atom is -0.399 e. The van der Waals surface area contributed by atoms with Gasteiger partial charge < -0.3 is 15.0 Å². The van der Waals surface area contributed by atoms with Gasteiger partial charge in [-0.3, -0.25) is 4.98 Å². The van der Waals surface area contributed by atoms with E-state index in [-0.39, 0.29) is 18.3 Å². The highest BCUT2D eigenvalue weighted by molar-refractivity contribution is 6.62. The van der Waals surface area contributed by atoms with Crippen molar-refractivity contribution >= 4 is 18.3 Å². The number of anilines is 1. The zero-order valence-electron chi connectivity index (χ0n) is 14.4. The number of aromatic nitrogens is 1. The van der Waals surface area contributed by atoms with Crippen molar-refractivity contribution in [1.82, 2.24) is 4.98 Å². The van der Waals surface area contributed by atoms with Gasteiger partial charge in [0.2, 0.25) is 0 Å². The molecule has 0 atom stereocenters. The van der Waals surface area contributed by atoms with E-state index in [0.717, 1.165) is 22.3 Å². The summed E-state index contributed by atoms with van der Waals surface area (Å²) in [4.78, 5) is 4.34. The van der Waals surface area contributed by atoms with Crippen LogP contribution in [0.25, 0.3) is 11.1 Å². The maximum absolute atomic E-state index is 6.13. The molecule has 1 saturated heterocycles. The second kappa shape index (κ2) is 5.36. The fraction of sp³-hybridized carbons (Fsp3) is 0.389. The Hall–Kier alpha value is -1.85. The molecule has 1 aliphatic rings. The van der Waals surface area contributed by atoms with E-state index in [9.17, 15) is 0 Å². The Morgan fingerprint density at radius 2 is 1.70 bits per heavy atom. The highest BCUT2D eigenvalue weighted by Crippen LogP contribution is 2.36. The SMILES string of the molecule is Cc1ncc(N)cc1-c1cccc(B2OC(C)(C)C(C)(C)O2)c1. The molecule has 1 aromatic carbocycles. The lowest BCUT2D eigenvalue weighted by Gasteiger charge is -2.32. The van der Waals surface area contributed by atoms with Gasteiger partial charge in [0.15, 0.2) is 0 Å². The molecule has 2 N–H and O–H groups in total. The molecule has 3 rings (SSSR count). The molecule has 23 heavy (non-hydrogen) atoms. The quantitative estimate of drug-likeness (QED) is 0.867. The zero-order valence-corrected chi connectivity index (χ0v) is 14.4. The lowest BCUT2D eigenvalue weighted by atomic mass is 9.78. The van der Waals surface area contributed by atoms with Crippen LogP contribution in [0.5, 0.6) is 0 Å². The lowest BCUT2D eigenvalue weighted by molar-refractivity contribution is 0.00578. The average Bonchev–Trinajstić information content (AvgIpc) is 2.70. The van der Waals surface area contributed by atoms with Crippen LogP contribution in [0, 0.1) is 6.92 Å². The minimum atomic E-state index is -0.366. The molecule has 1 aliphatic heterocycles. The molecule has 2 heterocycles. The number of nitrogen functional groups attached to an aromatic ring is 1. The predicted molar refractivity (Wildman–Crippen MR) is 94.5 cm³/mol. The van der Waals surface area contributed by atoms with Crippen LogP contribution in [-0.4, -0.2) is 23.3 Å². The normalized spacial score (nSPS) is 19.1. The van der Waals surface area contributed by atoms with Gasteiger partial charge in [-0.1, -0.05) is 24.3 Å². The van der Waals surface area contributed by atoms with E-state index in [1.54, 1.807) is 6.20 Å². The molecule has 0 aliphatic carbocycles. The summed E-state index contributed by atoms with van der Waals surface area (Å²) in [6.07, 6.45) is 1.68. The van der Waals surface area contributed by atoms with Gasteiger partial charge in [-0.25, -0.2) is 0 Å². The molecule has 120 valence electrons. The highest BCUT2D eigenvalue weighted by Gasteiger charge is 2.51. The number of hydrogen-bond acceptors (Lipinski definition) is 4. The third-order valence-corrected chi connectivity index (χ3v) is 4.83. The molecular formula is C18H23BN2O2. The van der Waals surface area contributed by atoms with Gasteiger partial charge >= 0.3 is 7.12 Å². The first-order chi connectivity index (χ1) is 10.7. The lowest BCUT2D eigenvalue weighted by Crippen LogP contribution is -2.41. The fourth-order valence-corrected chi connectivity index (χ4v) is 2.67. The van der Waals surface area contributed by atoms with Crippen molar-refractivity contribution in [1.29, 1.82) is 0 Å². The third kappa shape index (κ3) is 2.86. The van der Waals surface area contributed by atoms with Crippen molar-refractivity contribution in [2.45, 2.75) is 45.8 Å². The first-order valence-electron chi connectivity index (χ1n) is 7.88. The van der Waals surface area contributed by atoms with Crippen LogP contribution >= 0.6 is 0 Å². The van der Waals surface area contributed by atoms with Crippen LogP contribution in [-0.2, 0) is 9.31 Å². The third-order valence-electron chi connectivity index (χ3n) is 4.83. The Bertz CT molecular complexity index is 728. The predicted octanol–water partition coefficient (Wildman–Crippen LogP) is 2.94. The van der Waals surface area contributed by atoms with Gasteiger partial charge in [0.25, 0.3) is 0 Å². The van der Waals surface area contributed by atoms with Crippen molar-refractivity contribution < 1.29 is 9.31 Å². The maximum Gasteiger partial charge on any atom is 0.494 e. The molecule has 0 spiro atoms. The molecule has 4 nitrogen and oxygen atoms in total. The summed E-state index contributed by atoms with van der Waals surface area (Å²) in [5, 5.41) is 0. The van der Waals surface area contributed by atoms with Gasteiger partial charge in [-0.2, -0.15) is 0 Å². The van der Waals surface area contributed by atoms with Gasteiger partial charge in [0, 0.05) is 11.3 Å². The maximum atomic E-state index is 6.13. The highest BCUT2D eigenvalue weighted by atomic mass is 16.7. The van der Waals surface area contributed by atoms with E-state index in [1.807, 2.05) is 25.1 Å². The fourth-order valence-electron chi connectivity index (χ4n) is 2.67. The van der Waals surface area contributed by atoms with Crippen molar-refractivity contribution in [2.24, 2.45) is 0 Å². The standard InChI is InChI=1S/C18H23BN2O2/c1-12-16(10-15(20)11-21-12)13-7-6-8-14(9-13)19-22-17(2,3)18(4,5)23-19/h6-11H,20H2,1-5H3. The topological polar surface area (TPSA) is 57.4 Å². The van der Waals surface area contributed by atoms with Gasteiger partial charge in [0.05, 0.1) is 23.1 Å².